The van der Waals surface area contributed by atoms with Crippen LogP contribution in [0.3, 0.4) is 0 Å². The molecule has 0 aliphatic carbocycles. The van der Waals surface area contributed by atoms with Gasteiger partial charge in [0, 0.05) is 13.6 Å². The molecule has 0 unspecified atom stereocenters. The molecule has 7 nitrogen and oxygen atoms in total. The Kier molecular flexibility index (Phi) is 4.40. The highest BCUT2D eigenvalue weighted by atomic mass is 32.2. The first-order valence-corrected chi connectivity index (χ1v) is 7.40. The number of hydrogen-bond acceptors (Lipinski definition) is 5. The molecule has 112 valence electrons. The molecule has 0 bridgehead atoms. The maximum atomic E-state index is 12.5. The Bertz CT molecular complexity index is 620. The van der Waals surface area contributed by atoms with E-state index in [4.69, 9.17) is 5.73 Å². The van der Waals surface area contributed by atoms with Gasteiger partial charge in [0.25, 0.3) is 0 Å². The summed E-state index contributed by atoms with van der Waals surface area (Å²) in [5.41, 5.74) is 4.51. The number of hydrogen-bond donors (Lipinski definition) is 1. The van der Waals surface area contributed by atoms with E-state index >= 15 is 0 Å². The van der Waals surface area contributed by atoms with E-state index in [0.717, 1.165) is 4.31 Å². The van der Waals surface area contributed by atoms with Crippen LogP contribution in [-0.2, 0) is 10.0 Å². The van der Waals surface area contributed by atoms with Crippen molar-refractivity contribution in [2.45, 2.75) is 25.7 Å². The van der Waals surface area contributed by atoms with Crippen molar-refractivity contribution in [3.63, 3.8) is 0 Å². The third kappa shape index (κ3) is 3.45. The van der Waals surface area contributed by atoms with Crippen LogP contribution in [0.15, 0.2) is 23.1 Å². The molecule has 0 saturated heterocycles. The summed E-state index contributed by atoms with van der Waals surface area (Å²) in [5, 5.41) is 11.0. The molecule has 0 amide bonds. The Hall–Kier alpha value is -1.67. The second kappa shape index (κ2) is 5.37. The average molecular weight is 301 g/mol. The number of sulfonamides is 1. The molecule has 20 heavy (non-hydrogen) atoms. The molecule has 0 fully saturated rings. The molecular formula is C12H19N3O4S. The minimum Gasteiger partial charge on any atom is -0.393 e. The molecule has 1 aromatic carbocycles. The zero-order valence-corrected chi connectivity index (χ0v) is 12.8. The summed E-state index contributed by atoms with van der Waals surface area (Å²) in [6.07, 6.45) is 0. The molecule has 0 spiro atoms. The van der Waals surface area contributed by atoms with Gasteiger partial charge in [-0.25, -0.2) is 12.7 Å². The largest absolute Gasteiger partial charge is 0.393 e. The topological polar surface area (TPSA) is 107 Å². The number of nitrogens with two attached hydrogens (primary N) is 1. The van der Waals surface area contributed by atoms with E-state index in [1.54, 1.807) is 0 Å². The second-order valence-electron chi connectivity index (χ2n) is 5.77. The smallest absolute Gasteiger partial charge is 0.312 e. The maximum Gasteiger partial charge on any atom is 0.312 e. The lowest BCUT2D eigenvalue weighted by atomic mass is 9.97. The van der Waals surface area contributed by atoms with Gasteiger partial charge in [0.15, 0.2) is 4.90 Å². The molecule has 2 N–H and O–H groups in total. The third-order valence-corrected chi connectivity index (χ3v) is 4.43. The number of nitrogens with zero attached hydrogens (tertiary/aromatic N) is 2. The van der Waals surface area contributed by atoms with Gasteiger partial charge in [-0.3, -0.25) is 10.1 Å². The summed E-state index contributed by atoms with van der Waals surface area (Å²) in [5.74, 6) is 0. The van der Waals surface area contributed by atoms with Gasteiger partial charge in [-0.2, -0.15) is 0 Å². The van der Waals surface area contributed by atoms with Crippen molar-refractivity contribution in [2.24, 2.45) is 5.41 Å². The van der Waals surface area contributed by atoms with Gasteiger partial charge < -0.3 is 5.73 Å². The molecule has 0 saturated carbocycles. The summed E-state index contributed by atoms with van der Waals surface area (Å²) in [4.78, 5) is 9.89. The van der Waals surface area contributed by atoms with Crippen molar-refractivity contribution in [1.82, 2.24) is 4.31 Å². The van der Waals surface area contributed by atoms with E-state index < -0.39 is 20.6 Å². The maximum absolute atomic E-state index is 12.5. The van der Waals surface area contributed by atoms with E-state index in [2.05, 4.69) is 0 Å². The molecule has 0 atom stereocenters. The molecule has 0 radical (unpaired) electrons. The first-order chi connectivity index (χ1) is 8.97. The van der Waals surface area contributed by atoms with E-state index in [-0.39, 0.29) is 22.5 Å². The fourth-order valence-electron chi connectivity index (χ4n) is 1.86. The summed E-state index contributed by atoms with van der Waals surface area (Å²) in [6, 6.07) is 3.89. The summed E-state index contributed by atoms with van der Waals surface area (Å²) < 4.78 is 26.0. The molecule has 0 heterocycles. The van der Waals surface area contributed by atoms with Crippen molar-refractivity contribution < 1.29 is 13.3 Å². The van der Waals surface area contributed by atoms with Crippen molar-refractivity contribution in [3.05, 3.63) is 28.3 Å². The number of nitro groups is 1. The first-order valence-electron chi connectivity index (χ1n) is 5.96. The predicted octanol–water partition coefficient (Wildman–Crippen LogP) is 1.84. The lowest BCUT2D eigenvalue weighted by Crippen LogP contribution is -2.34. The Morgan fingerprint density at radius 2 is 1.90 bits per heavy atom. The van der Waals surface area contributed by atoms with Gasteiger partial charge >= 0.3 is 5.69 Å². The third-order valence-electron chi connectivity index (χ3n) is 2.60. The van der Waals surface area contributed by atoms with Crippen LogP contribution in [0, 0.1) is 15.5 Å². The molecule has 1 rings (SSSR count). The van der Waals surface area contributed by atoms with Crippen LogP contribution in [0.5, 0.6) is 0 Å². The molecule has 1 aromatic rings. The SMILES string of the molecule is CN(CC(C)(C)C)S(=O)(=O)c1cccc(N)c1[N+](=O)[O-]. The van der Waals surface area contributed by atoms with Crippen LogP contribution >= 0.6 is 0 Å². The van der Waals surface area contributed by atoms with Gasteiger partial charge in [0.2, 0.25) is 10.0 Å². The van der Waals surface area contributed by atoms with Gasteiger partial charge in [0.05, 0.1) is 4.92 Å². The normalized spacial score (nSPS) is 12.7. The number of nitro benzene ring substituents is 1. The van der Waals surface area contributed by atoms with Crippen LogP contribution < -0.4 is 5.73 Å². The summed E-state index contributed by atoms with van der Waals surface area (Å²) in [6.45, 7) is 5.88. The van der Waals surface area contributed by atoms with Crippen LogP contribution in [0.1, 0.15) is 20.8 Å². The fourth-order valence-corrected chi connectivity index (χ4v) is 3.44. The van der Waals surface area contributed by atoms with Crippen LogP contribution in [0.25, 0.3) is 0 Å². The zero-order valence-electron chi connectivity index (χ0n) is 12.0. The number of anilines is 1. The van der Waals surface area contributed by atoms with E-state index in [0.29, 0.717) is 0 Å². The van der Waals surface area contributed by atoms with E-state index in [9.17, 15) is 18.5 Å². The summed E-state index contributed by atoms with van der Waals surface area (Å²) in [7, 11) is -2.56. The number of para-hydroxylation sites is 1. The van der Waals surface area contributed by atoms with Crippen molar-refractivity contribution in [2.75, 3.05) is 19.3 Å². The van der Waals surface area contributed by atoms with Crippen molar-refractivity contribution in [1.29, 1.82) is 0 Å². The first kappa shape index (κ1) is 16.4. The minimum atomic E-state index is -3.96. The Morgan fingerprint density at radius 1 is 1.35 bits per heavy atom. The van der Waals surface area contributed by atoms with Crippen LogP contribution in [-0.4, -0.2) is 31.2 Å². The van der Waals surface area contributed by atoms with Crippen molar-refractivity contribution in [3.8, 4) is 0 Å². The van der Waals surface area contributed by atoms with Crippen LogP contribution in [0.2, 0.25) is 0 Å². The van der Waals surface area contributed by atoms with Gasteiger partial charge in [-0.15, -0.1) is 0 Å². The summed E-state index contributed by atoms with van der Waals surface area (Å²) >= 11 is 0. The fraction of sp³-hybridized carbons (Fsp3) is 0.500. The predicted molar refractivity (Wildman–Crippen MR) is 76.8 cm³/mol. The number of rotatable bonds is 4. The van der Waals surface area contributed by atoms with E-state index in [1.165, 1.54) is 25.2 Å². The quantitative estimate of drug-likeness (QED) is 0.519. The highest BCUT2D eigenvalue weighted by molar-refractivity contribution is 7.89. The highest BCUT2D eigenvalue weighted by Gasteiger charge is 2.32. The number of nitrogen functional groups attached to an aromatic ring is 1. The zero-order chi connectivity index (χ0) is 15.7. The van der Waals surface area contributed by atoms with Gasteiger partial charge in [-0.1, -0.05) is 26.8 Å². The molecule has 0 aliphatic rings. The Labute approximate surface area is 118 Å². The molecule has 8 heteroatoms. The lowest BCUT2D eigenvalue weighted by molar-refractivity contribution is -0.386. The lowest BCUT2D eigenvalue weighted by Gasteiger charge is -2.26. The molecule has 0 aromatic heterocycles. The minimum absolute atomic E-state index is 0.166. The van der Waals surface area contributed by atoms with Crippen molar-refractivity contribution >= 4 is 21.4 Å². The Balaban J connectivity index is 3.37. The Morgan fingerprint density at radius 3 is 2.35 bits per heavy atom. The molecule has 0 aliphatic heterocycles. The standard InChI is InChI=1S/C12H19N3O4S/c1-12(2,3)8-14(4)20(18,19)10-7-5-6-9(13)11(10)15(16)17/h5-7H,8,13H2,1-4H3. The van der Waals surface area contributed by atoms with Gasteiger partial charge in [-0.05, 0) is 17.5 Å². The average Bonchev–Trinajstić information content (AvgIpc) is 2.25. The van der Waals surface area contributed by atoms with E-state index in [1.807, 2.05) is 20.8 Å². The molecular weight excluding hydrogens is 282 g/mol. The highest BCUT2D eigenvalue weighted by Crippen LogP contribution is 2.32. The monoisotopic (exact) mass is 301 g/mol. The number of benzene rings is 1. The van der Waals surface area contributed by atoms with Gasteiger partial charge in [0.1, 0.15) is 5.69 Å². The second-order valence-corrected chi connectivity index (χ2v) is 7.79. The van der Waals surface area contributed by atoms with Crippen LogP contribution in [0.4, 0.5) is 11.4 Å².